The number of nitrogens with one attached hydrogen (secondary N) is 4. The van der Waals surface area contributed by atoms with E-state index in [4.69, 9.17) is 16.7 Å². The first-order chi connectivity index (χ1) is 13.2. The zero-order valence-electron chi connectivity index (χ0n) is 15.0. The van der Waals surface area contributed by atoms with Gasteiger partial charge in [0.15, 0.2) is 6.10 Å². The SMILES string of the molecule is CNC(=O)C(O)[C@H](CC1CCNC1=O)NC(=O)c1cc(Cl)ccc1NC(=O)O. The van der Waals surface area contributed by atoms with Crippen molar-refractivity contribution in [2.45, 2.75) is 25.0 Å². The van der Waals surface area contributed by atoms with Crippen LogP contribution in [-0.2, 0) is 9.59 Å². The minimum Gasteiger partial charge on any atom is -0.465 e. The Bertz CT molecular complexity index is 787. The zero-order chi connectivity index (χ0) is 20.8. The van der Waals surface area contributed by atoms with Crippen LogP contribution in [0.5, 0.6) is 0 Å². The van der Waals surface area contributed by atoms with Crippen molar-refractivity contribution in [1.82, 2.24) is 16.0 Å². The number of aliphatic hydroxyl groups excluding tert-OH is 1. The first kappa shape index (κ1) is 21.5. The number of carboxylic acid groups (broad SMARTS) is 1. The predicted molar refractivity (Wildman–Crippen MR) is 100 cm³/mol. The molecule has 2 rings (SSSR count). The van der Waals surface area contributed by atoms with Crippen molar-refractivity contribution in [2.24, 2.45) is 5.92 Å². The molecule has 10 nitrogen and oxygen atoms in total. The molecule has 28 heavy (non-hydrogen) atoms. The fourth-order valence-electron chi connectivity index (χ4n) is 2.95. The average Bonchev–Trinajstić information content (AvgIpc) is 3.05. The topological polar surface area (TPSA) is 157 Å². The molecule has 4 amide bonds. The maximum Gasteiger partial charge on any atom is 0.409 e. The number of hydrogen-bond donors (Lipinski definition) is 6. The smallest absolute Gasteiger partial charge is 0.409 e. The lowest BCUT2D eigenvalue weighted by Gasteiger charge is -2.25. The molecule has 0 aliphatic carbocycles. The normalized spacial score (nSPS) is 18.0. The molecule has 0 bridgehead atoms. The molecule has 6 N–H and O–H groups in total. The number of carbonyl (C=O) groups excluding carboxylic acids is 3. The molecule has 0 aromatic heterocycles. The van der Waals surface area contributed by atoms with E-state index >= 15 is 0 Å². The minimum atomic E-state index is -1.60. The van der Waals surface area contributed by atoms with Gasteiger partial charge in [-0.05, 0) is 31.0 Å². The summed E-state index contributed by atoms with van der Waals surface area (Å²) in [6, 6.07) is 2.91. The number of amides is 4. The number of hydrogen-bond acceptors (Lipinski definition) is 5. The van der Waals surface area contributed by atoms with Crippen LogP contribution in [0, 0.1) is 5.92 Å². The highest BCUT2D eigenvalue weighted by atomic mass is 35.5. The largest absolute Gasteiger partial charge is 0.465 e. The van der Waals surface area contributed by atoms with Crippen LogP contribution in [0.4, 0.5) is 10.5 Å². The van der Waals surface area contributed by atoms with Crippen LogP contribution in [0.3, 0.4) is 0 Å². The summed E-state index contributed by atoms with van der Waals surface area (Å²) >= 11 is 5.90. The number of benzene rings is 1. The Morgan fingerprint density at radius 3 is 2.64 bits per heavy atom. The monoisotopic (exact) mass is 412 g/mol. The highest BCUT2D eigenvalue weighted by molar-refractivity contribution is 6.31. The van der Waals surface area contributed by atoms with Gasteiger partial charge >= 0.3 is 6.09 Å². The van der Waals surface area contributed by atoms with Crippen molar-refractivity contribution in [3.63, 3.8) is 0 Å². The molecule has 1 aromatic rings. The number of rotatable bonds is 7. The molecule has 0 saturated carbocycles. The Morgan fingerprint density at radius 2 is 2.07 bits per heavy atom. The molecule has 152 valence electrons. The van der Waals surface area contributed by atoms with Crippen LogP contribution < -0.4 is 21.3 Å². The first-order valence-electron chi connectivity index (χ1n) is 8.50. The second-order valence-electron chi connectivity index (χ2n) is 6.27. The molecule has 1 aliphatic heterocycles. The molecule has 0 spiro atoms. The van der Waals surface area contributed by atoms with Crippen LogP contribution in [0.2, 0.25) is 5.02 Å². The number of halogens is 1. The van der Waals surface area contributed by atoms with E-state index in [1.54, 1.807) is 0 Å². The predicted octanol–water partition coefficient (Wildman–Crippen LogP) is 0.161. The van der Waals surface area contributed by atoms with E-state index in [2.05, 4.69) is 21.3 Å². The maximum absolute atomic E-state index is 12.7. The van der Waals surface area contributed by atoms with Gasteiger partial charge in [0.1, 0.15) is 0 Å². The Hall–Kier alpha value is -2.85. The molecule has 1 saturated heterocycles. The van der Waals surface area contributed by atoms with Gasteiger partial charge in [-0.2, -0.15) is 0 Å². The van der Waals surface area contributed by atoms with Gasteiger partial charge < -0.3 is 26.2 Å². The molecule has 1 aliphatic rings. The summed E-state index contributed by atoms with van der Waals surface area (Å²) in [6.45, 7) is 0.473. The molecule has 11 heteroatoms. The van der Waals surface area contributed by atoms with Gasteiger partial charge in [0.25, 0.3) is 11.8 Å². The molecule has 1 heterocycles. The summed E-state index contributed by atoms with van der Waals surface area (Å²) in [5.41, 5.74) is -0.0962. The standard InChI is InChI=1S/C17H21ClN4O6/c1-19-16(26)13(23)12(6-8-4-5-20-14(8)24)21-15(25)10-7-9(18)2-3-11(10)22-17(27)28/h2-3,7-8,12-13,22-23H,4-6H2,1H3,(H,19,26)(H,20,24)(H,21,25)(H,27,28)/t8?,12-,13?/m0/s1. The maximum atomic E-state index is 12.7. The molecular formula is C17H21ClN4O6. The van der Waals surface area contributed by atoms with Crippen molar-refractivity contribution in [3.05, 3.63) is 28.8 Å². The van der Waals surface area contributed by atoms with E-state index in [0.717, 1.165) is 0 Å². The van der Waals surface area contributed by atoms with Gasteiger partial charge in [-0.25, -0.2) is 4.79 Å². The fraction of sp³-hybridized carbons (Fsp3) is 0.412. The van der Waals surface area contributed by atoms with Crippen molar-refractivity contribution >= 4 is 41.1 Å². The quantitative estimate of drug-likeness (QED) is 0.374. The summed E-state index contributed by atoms with van der Waals surface area (Å²) in [5, 5.41) is 29.0. The summed E-state index contributed by atoms with van der Waals surface area (Å²) in [5.74, 6) is -2.17. The van der Waals surface area contributed by atoms with Crippen molar-refractivity contribution in [1.29, 1.82) is 0 Å². The molecular weight excluding hydrogens is 392 g/mol. The summed E-state index contributed by atoms with van der Waals surface area (Å²) in [4.78, 5) is 47.4. The highest BCUT2D eigenvalue weighted by Gasteiger charge is 2.34. The third-order valence-electron chi connectivity index (χ3n) is 4.38. The third-order valence-corrected chi connectivity index (χ3v) is 4.62. The Balaban J connectivity index is 2.26. The average molecular weight is 413 g/mol. The van der Waals surface area contributed by atoms with Gasteiger partial charge in [-0.3, -0.25) is 19.7 Å². The van der Waals surface area contributed by atoms with E-state index in [1.165, 1.54) is 25.2 Å². The zero-order valence-corrected chi connectivity index (χ0v) is 15.7. The number of aliphatic hydroxyl groups is 1. The lowest BCUT2D eigenvalue weighted by Crippen LogP contribution is -2.51. The Morgan fingerprint density at radius 1 is 1.36 bits per heavy atom. The summed E-state index contributed by atoms with van der Waals surface area (Å²) < 4.78 is 0. The van der Waals surface area contributed by atoms with Gasteiger partial charge in [-0.15, -0.1) is 0 Å². The van der Waals surface area contributed by atoms with Crippen LogP contribution in [0.15, 0.2) is 18.2 Å². The van der Waals surface area contributed by atoms with Crippen LogP contribution in [0.1, 0.15) is 23.2 Å². The van der Waals surface area contributed by atoms with E-state index in [0.29, 0.717) is 13.0 Å². The van der Waals surface area contributed by atoms with Crippen LogP contribution >= 0.6 is 11.6 Å². The highest BCUT2D eigenvalue weighted by Crippen LogP contribution is 2.23. The number of anilines is 1. The number of likely N-dealkylation sites (N-methyl/N-ethyl adjacent to an activating group) is 1. The van der Waals surface area contributed by atoms with Gasteiger partial charge in [0.05, 0.1) is 17.3 Å². The molecule has 3 atom stereocenters. The second kappa shape index (κ2) is 9.38. The Kier molecular flexibility index (Phi) is 7.18. The van der Waals surface area contributed by atoms with Gasteiger partial charge in [0, 0.05) is 24.5 Å². The van der Waals surface area contributed by atoms with Crippen LogP contribution in [0.25, 0.3) is 0 Å². The Labute approximate surface area is 165 Å². The fourth-order valence-corrected chi connectivity index (χ4v) is 3.12. The van der Waals surface area contributed by atoms with Gasteiger partial charge in [0.2, 0.25) is 5.91 Å². The van der Waals surface area contributed by atoms with E-state index in [1.807, 2.05) is 0 Å². The van der Waals surface area contributed by atoms with Gasteiger partial charge in [-0.1, -0.05) is 11.6 Å². The van der Waals surface area contributed by atoms with Crippen LogP contribution in [-0.4, -0.2) is 59.8 Å². The summed E-state index contributed by atoms with van der Waals surface area (Å²) in [6.07, 6.45) is -2.43. The lowest BCUT2D eigenvalue weighted by molar-refractivity contribution is -0.131. The van der Waals surface area contributed by atoms with E-state index in [-0.39, 0.29) is 28.6 Å². The van der Waals surface area contributed by atoms with Crippen molar-refractivity contribution in [2.75, 3.05) is 18.9 Å². The van der Waals surface area contributed by atoms with E-state index < -0.39 is 36.0 Å². The molecule has 2 unspecified atom stereocenters. The minimum absolute atomic E-state index is 0.0128. The first-order valence-corrected chi connectivity index (χ1v) is 8.88. The molecule has 1 fully saturated rings. The second-order valence-corrected chi connectivity index (χ2v) is 6.71. The van der Waals surface area contributed by atoms with Crippen molar-refractivity contribution < 1.29 is 29.4 Å². The lowest BCUT2D eigenvalue weighted by atomic mass is 9.94. The third kappa shape index (κ3) is 5.33. The van der Waals surface area contributed by atoms with Crippen molar-refractivity contribution in [3.8, 4) is 0 Å². The number of carbonyl (C=O) groups is 4. The molecule has 0 radical (unpaired) electrons. The molecule has 1 aromatic carbocycles. The van der Waals surface area contributed by atoms with E-state index in [9.17, 15) is 24.3 Å². The summed E-state index contributed by atoms with van der Waals surface area (Å²) in [7, 11) is 1.33.